The van der Waals surface area contributed by atoms with Crippen molar-refractivity contribution in [3.05, 3.63) is 41.5 Å². The van der Waals surface area contributed by atoms with Crippen molar-refractivity contribution < 1.29 is 33.3 Å². The van der Waals surface area contributed by atoms with E-state index >= 15 is 0 Å². The summed E-state index contributed by atoms with van der Waals surface area (Å²) in [6.45, 7) is 1.08. The van der Waals surface area contributed by atoms with Gasteiger partial charge >= 0.3 is 5.97 Å². The fourth-order valence-corrected chi connectivity index (χ4v) is 2.76. The number of amides is 1. The first kappa shape index (κ1) is 19.3. The molecule has 0 aliphatic carbocycles. The lowest BCUT2D eigenvalue weighted by Crippen LogP contribution is -2.16. The fraction of sp³-hybridized carbons (Fsp3) is 0.300. The molecule has 8 heteroatoms. The Kier molecular flexibility index (Phi) is 5.88. The average molecular weight is 387 g/mol. The first-order valence-electron chi connectivity index (χ1n) is 8.62. The number of benzene rings is 2. The highest BCUT2D eigenvalue weighted by atomic mass is 16.5. The molecular weight excluding hydrogens is 366 g/mol. The summed E-state index contributed by atoms with van der Waals surface area (Å²) in [5, 5.41) is 2.72. The number of ether oxygens (including phenoxy) is 5. The zero-order chi connectivity index (χ0) is 20.1. The summed E-state index contributed by atoms with van der Waals surface area (Å²) in [6, 6.07) is 7.88. The van der Waals surface area contributed by atoms with Crippen molar-refractivity contribution in [3.8, 4) is 23.0 Å². The molecule has 1 amide bonds. The Morgan fingerprint density at radius 2 is 1.61 bits per heavy atom. The quantitative estimate of drug-likeness (QED) is 0.789. The monoisotopic (exact) mass is 387 g/mol. The molecule has 1 aliphatic rings. The van der Waals surface area contributed by atoms with Crippen molar-refractivity contribution in [1.82, 2.24) is 0 Å². The summed E-state index contributed by atoms with van der Waals surface area (Å²) in [4.78, 5) is 24.9. The number of hydrogen-bond donors (Lipinski definition) is 1. The van der Waals surface area contributed by atoms with E-state index in [-0.39, 0.29) is 11.3 Å². The fourth-order valence-electron chi connectivity index (χ4n) is 2.76. The molecule has 0 bridgehead atoms. The van der Waals surface area contributed by atoms with Gasteiger partial charge in [0.25, 0.3) is 5.91 Å². The minimum atomic E-state index is -0.616. The highest BCUT2D eigenvalue weighted by molar-refractivity contribution is 6.08. The number of hydrogen-bond acceptors (Lipinski definition) is 7. The number of anilines is 1. The zero-order valence-corrected chi connectivity index (χ0v) is 15.9. The summed E-state index contributed by atoms with van der Waals surface area (Å²) in [5.74, 6) is 0.768. The second-order valence-electron chi connectivity index (χ2n) is 5.91. The molecule has 1 heterocycles. The number of fused-ring (bicyclic) bond motifs is 1. The van der Waals surface area contributed by atoms with Gasteiger partial charge in [-0.25, -0.2) is 4.79 Å². The van der Waals surface area contributed by atoms with Gasteiger partial charge < -0.3 is 29.0 Å². The molecule has 0 radical (unpaired) electrons. The van der Waals surface area contributed by atoms with Crippen molar-refractivity contribution in [1.29, 1.82) is 0 Å². The third-order valence-corrected chi connectivity index (χ3v) is 4.19. The maximum atomic E-state index is 12.8. The largest absolute Gasteiger partial charge is 0.493 e. The molecule has 148 valence electrons. The third kappa shape index (κ3) is 3.95. The predicted octanol–water partition coefficient (Wildman–Crippen LogP) is 2.90. The molecule has 0 saturated carbocycles. The summed E-state index contributed by atoms with van der Waals surface area (Å²) in [7, 11) is 4.18. The normalized spacial score (nSPS) is 12.5. The Bertz CT molecular complexity index is 894. The molecule has 28 heavy (non-hydrogen) atoms. The van der Waals surface area contributed by atoms with E-state index in [9.17, 15) is 9.59 Å². The highest BCUT2D eigenvalue weighted by Crippen LogP contribution is 2.35. The lowest BCUT2D eigenvalue weighted by molar-refractivity contribution is 0.0601. The van der Waals surface area contributed by atoms with Gasteiger partial charge in [-0.05, 0) is 18.2 Å². The van der Waals surface area contributed by atoms with Crippen LogP contribution in [0.3, 0.4) is 0 Å². The van der Waals surface area contributed by atoms with E-state index in [2.05, 4.69) is 5.32 Å². The molecule has 0 saturated heterocycles. The van der Waals surface area contributed by atoms with E-state index in [0.29, 0.717) is 41.8 Å². The number of esters is 1. The second kappa shape index (κ2) is 8.51. The summed E-state index contributed by atoms with van der Waals surface area (Å²) >= 11 is 0. The number of carbonyl (C=O) groups excluding carboxylic acids is 2. The van der Waals surface area contributed by atoms with Gasteiger partial charge in [0.05, 0.1) is 45.8 Å². The van der Waals surface area contributed by atoms with E-state index in [1.54, 1.807) is 18.2 Å². The van der Waals surface area contributed by atoms with Crippen LogP contribution in [0.15, 0.2) is 30.3 Å². The van der Waals surface area contributed by atoms with Gasteiger partial charge in [0.1, 0.15) is 0 Å². The first-order valence-corrected chi connectivity index (χ1v) is 8.62. The van der Waals surface area contributed by atoms with Crippen molar-refractivity contribution >= 4 is 17.6 Å². The van der Waals surface area contributed by atoms with Crippen molar-refractivity contribution in [2.24, 2.45) is 0 Å². The van der Waals surface area contributed by atoms with Crippen molar-refractivity contribution in [3.63, 3.8) is 0 Å². The van der Waals surface area contributed by atoms with Crippen LogP contribution in [0.4, 0.5) is 5.69 Å². The lowest BCUT2D eigenvalue weighted by Gasteiger charge is -2.15. The van der Waals surface area contributed by atoms with Crippen LogP contribution < -0.4 is 24.3 Å². The van der Waals surface area contributed by atoms with Crippen LogP contribution in [-0.4, -0.2) is 46.4 Å². The van der Waals surface area contributed by atoms with E-state index in [1.807, 2.05) is 0 Å². The molecule has 8 nitrogen and oxygen atoms in total. The van der Waals surface area contributed by atoms with Gasteiger partial charge in [0, 0.05) is 24.1 Å². The van der Waals surface area contributed by atoms with Crippen molar-refractivity contribution in [2.45, 2.75) is 6.42 Å². The predicted molar refractivity (Wildman–Crippen MR) is 101 cm³/mol. The summed E-state index contributed by atoms with van der Waals surface area (Å²) in [6.07, 6.45) is 0.768. The molecular formula is C20H21NO7. The minimum Gasteiger partial charge on any atom is -0.493 e. The maximum absolute atomic E-state index is 12.8. The minimum absolute atomic E-state index is 0.142. The molecule has 2 aromatic rings. The van der Waals surface area contributed by atoms with Crippen molar-refractivity contribution in [2.75, 3.05) is 39.9 Å². The van der Waals surface area contributed by atoms with Gasteiger partial charge in [-0.3, -0.25) is 4.79 Å². The third-order valence-electron chi connectivity index (χ3n) is 4.19. The van der Waals surface area contributed by atoms with Gasteiger partial charge in [-0.2, -0.15) is 0 Å². The number of rotatable bonds is 5. The van der Waals surface area contributed by atoms with E-state index < -0.39 is 11.9 Å². The SMILES string of the molecule is COC(=O)c1cc(OC)c(OC)cc1NC(=O)c1ccc2c(c1)OCCCO2. The van der Waals surface area contributed by atoms with E-state index in [4.69, 9.17) is 23.7 Å². The smallest absolute Gasteiger partial charge is 0.340 e. The van der Waals surface area contributed by atoms with Crippen LogP contribution in [0.2, 0.25) is 0 Å². The molecule has 0 atom stereocenters. The Morgan fingerprint density at radius 3 is 2.29 bits per heavy atom. The van der Waals surface area contributed by atoms with Gasteiger partial charge in [0.15, 0.2) is 23.0 Å². The molecule has 1 aliphatic heterocycles. The standard InChI is InChI=1S/C20H21NO7/c1-24-16-10-13(20(23)26-3)14(11-17(16)25-2)21-19(22)12-5-6-15-18(9-12)28-8-4-7-27-15/h5-6,9-11H,4,7-8H2,1-3H3,(H,21,22). The summed E-state index contributed by atoms with van der Waals surface area (Å²) in [5.41, 5.74) is 0.735. The van der Waals surface area contributed by atoms with Crippen LogP contribution in [0.25, 0.3) is 0 Å². The maximum Gasteiger partial charge on any atom is 0.340 e. The molecule has 0 aromatic heterocycles. The number of methoxy groups -OCH3 is 3. The Labute approximate surface area is 162 Å². The topological polar surface area (TPSA) is 92.3 Å². The Balaban J connectivity index is 1.93. The average Bonchev–Trinajstić information content (AvgIpc) is 2.97. The van der Waals surface area contributed by atoms with Gasteiger partial charge in [0.2, 0.25) is 0 Å². The first-order chi connectivity index (χ1) is 13.6. The highest BCUT2D eigenvalue weighted by Gasteiger charge is 2.20. The van der Waals surface area contributed by atoms with Gasteiger partial charge in [-0.1, -0.05) is 0 Å². The molecule has 0 fully saturated rings. The van der Waals surface area contributed by atoms with E-state index in [1.165, 1.54) is 33.5 Å². The van der Waals surface area contributed by atoms with Crippen LogP contribution in [-0.2, 0) is 4.74 Å². The lowest BCUT2D eigenvalue weighted by atomic mass is 10.1. The Hall–Kier alpha value is -3.42. The van der Waals surface area contributed by atoms with Crippen LogP contribution >= 0.6 is 0 Å². The van der Waals surface area contributed by atoms with Crippen LogP contribution in [0.5, 0.6) is 23.0 Å². The Morgan fingerprint density at radius 1 is 0.929 bits per heavy atom. The molecule has 3 rings (SSSR count). The second-order valence-corrected chi connectivity index (χ2v) is 5.91. The van der Waals surface area contributed by atoms with E-state index in [0.717, 1.165) is 6.42 Å². The summed E-state index contributed by atoms with van der Waals surface area (Å²) < 4.78 is 26.5. The zero-order valence-electron chi connectivity index (χ0n) is 15.9. The van der Waals surface area contributed by atoms with Gasteiger partial charge in [-0.15, -0.1) is 0 Å². The molecule has 0 spiro atoms. The van der Waals surface area contributed by atoms with Crippen LogP contribution in [0.1, 0.15) is 27.1 Å². The number of carbonyl (C=O) groups is 2. The van der Waals surface area contributed by atoms with Crippen LogP contribution in [0, 0.1) is 0 Å². The number of nitrogens with one attached hydrogen (secondary N) is 1. The molecule has 1 N–H and O–H groups in total. The molecule has 2 aromatic carbocycles. The molecule has 0 unspecified atom stereocenters.